The fourth-order valence-corrected chi connectivity index (χ4v) is 2.36. The van der Waals surface area contributed by atoms with Crippen LogP contribution in [0.5, 0.6) is 0 Å². The molecule has 0 radical (unpaired) electrons. The average molecular weight is 450 g/mol. The third-order valence-electron chi connectivity index (χ3n) is 3.91. The van der Waals surface area contributed by atoms with Crippen molar-refractivity contribution in [2.45, 2.75) is 19.1 Å². The van der Waals surface area contributed by atoms with Crippen LogP contribution in [0.3, 0.4) is 0 Å². The number of carbonyl (C=O) groups excluding carboxylic acids is 1. The molecule has 1 amide bonds. The maximum Gasteiger partial charge on any atom is 0.490 e. The highest BCUT2D eigenvalue weighted by molar-refractivity contribution is 5.93. The molecule has 11 heteroatoms. The standard InChI is InChI=1S/C19H20N4O2.C2HF3O2/c24-19(17-12-18(25-23-17)16-7-2-1-3-8-16)22-11-5-10-21-14-15-6-4-9-20-13-15;3-2(4,5)1(6)7/h1-4,6-9,12-13,21H,5,10-11,14H2,(H,22,24);(H,6,7). The largest absolute Gasteiger partial charge is 0.490 e. The minimum absolute atomic E-state index is 0.224. The predicted molar refractivity (Wildman–Crippen MR) is 109 cm³/mol. The lowest BCUT2D eigenvalue weighted by molar-refractivity contribution is -0.192. The summed E-state index contributed by atoms with van der Waals surface area (Å²) in [6.07, 6.45) is -0.662. The van der Waals surface area contributed by atoms with Crippen LogP contribution in [-0.2, 0) is 11.3 Å². The number of aliphatic carboxylic acids is 1. The van der Waals surface area contributed by atoms with E-state index < -0.39 is 12.1 Å². The number of nitrogens with zero attached hydrogens (tertiary/aromatic N) is 2. The fraction of sp³-hybridized carbons (Fsp3) is 0.238. The minimum atomic E-state index is -5.08. The van der Waals surface area contributed by atoms with E-state index >= 15 is 0 Å². The van der Waals surface area contributed by atoms with Gasteiger partial charge >= 0.3 is 12.1 Å². The number of rotatable bonds is 8. The zero-order chi connectivity index (χ0) is 23.4. The van der Waals surface area contributed by atoms with Crippen LogP contribution in [0, 0.1) is 0 Å². The Bertz CT molecular complexity index is 979. The Morgan fingerprint density at radius 1 is 1.06 bits per heavy atom. The Kier molecular flexibility index (Phi) is 9.36. The number of benzene rings is 1. The van der Waals surface area contributed by atoms with Gasteiger partial charge in [0, 0.05) is 37.1 Å². The SMILES string of the molecule is O=C(NCCCNCc1cccnc1)c1cc(-c2ccccc2)on1.O=C(O)C(F)(F)F. The van der Waals surface area contributed by atoms with Gasteiger partial charge in [-0.05, 0) is 24.6 Å². The van der Waals surface area contributed by atoms with E-state index in [1.54, 1.807) is 12.3 Å². The summed E-state index contributed by atoms with van der Waals surface area (Å²) in [6, 6.07) is 15.2. The van der Waals surface area contributed by atoms with E-state index in [0.29, 0.717) is 18.0 Å². The van der Waals surface area contributed by atoms with Crippen molar-refractivity contribution in [2.75, 3.05) is 13.1 Å². The monoisotopic (exact) mass is 450 g/mol. The van der Waals surface area contributed by atoms with Crippen molar-refractivity contribution in [3.63, 3.8) is 0 Å². The Hall–Kier alpha value is -3.73. The summed E-state index contributed by atoms with van der Waals surface area (Å²) in [7, 11) is 0. The second kappa shape index (κ2) is 12.2. The van der Waals surface area contributed by atoms with Crippen LogP contribution < -0.4 is 10.6 Å². The summed E-state index contributed by atoms with van der Waals surface area (Å²) in [5, 5.41) is 17.1. The van der Waals surface area contributed by atoms with E-state index in [1.807, 2.05) is 48.7 Å². The van der Waals surface area contributed by atoms with Gasteiger partial charge in [0.2, 0.25) is 0 Å². The maximum absolute atomic E-state index is 12.1. The fourth-order valence-electron chi connectivity index (χ4n) is 2.36. The van der Waals surface area contributed by atoms with Crippen LogP contribution in [0.1, 0.15) is 22.5 Å². The molecule has 0 saturated heterocycles. The molecule has 32 heavy (non-hydrogen) atoms. The van der Waals surface area contributed by atoms with Crippen molar-refractivity contribution >= 4 is 11.9 Å². The first-order valence-electron chi connectivity index (χ1n) is 9.47. The van der Waals surface area contributed by atoms with E-state index in [4.69, 9.17) is 14.4 Å². The number of carboxylic acids is 1. The molecule has 0 atom stereocenters. The zero-order valence-electron chi connectivity index (χ0n) is 16.8. The number of halogens is 3. The number of nitrogens with one attached hydrogen (secondary N) is 2. The summed E-state index contributed by atoms with van der Waals surface area (Å²) in [4.78, 5) is 25.0. The molecule has 0 spiro atoms. The lowest BCUT2D eigenvalue weighted by Crippen LogP contribution is -2.27. The summed E-state index contributed by atoms with van der Waals surface area (Å²) >= 11 is 0. The highest BCUT2D eigenvalue weighted by Gasteiger charge is 2.38. The summed E-state index contributed by atoms with van der Waals surface area (Å²) in [6.45, 7) is 2.15. The van der Waals surface area contributed by atoms with Crippen LogP contribution in [0.25, 0.3) is 11.3 Å². The summed E-state index contributed by atoms with van der Waals surface area (Å²) < 4.78 is 37.0. The van der Waals surface area contributed by atoms with Crippen molar-refractivity contribution in [1.29, 1.82) is 0 Å². The number of alkyl halides is 3. The third-order valence-corrected chi connectivity index (χ3v) is 3.91. The molecule has 3 rings (SSSR count). The van der Waals surface area contributed by atoms with Gasteiger partial charge in [0.05, 0.1) is 0 Å². The second-order valence-corrected chi connectivity index (χ2v) is 6.39. The molecular formula is C21H21F3N4O4. The molecule has 0 saturated carbocycles. The van der Waals surface area contributed by atoms with Crippen LogP contribution >= 0.6 is 0 Å². The molecule has 1 aromatic carbocycles. The normalized spacial score (nSPS) is 10.7. The van der Waals surface area contributed by atoms with E-state index in [1.165, 1.54) is 0 Å². The van der Waals surface area contributed by atoms with Gasteiger partial charge in [0.25, 0.3) is 5.91 Å². The van der Waals surface area contributed by atoms with Crippen LogP contribution in [0.4, 0.5) is 13.2 Å². The van der Waals surface area contributed by atoms with Gasteiger partial charge in [-0.2, -0.15) is 13.2 Å². The van der Waals surface area contributed by atoms with Crippen molar-refractivity contribution in [2.24, 2.45) is 0 Å². The molecule has 0 unspecified atom stereocenters. The van der Waals surface area contributed by atoms with Gasteiger partial charge in [0.15, 0.2) is 11.5 Å². The number of carboxylic acid groups (broad SMARTS) is 1. The van der Waals surface area contributed by atoms with E-state index in [0.717, 1.165) is 30.6 Å². The number of carbonyl (C=O) groups is 2. The first-order chi connectivity index (χ1) is 15.3. The number of hydrogen-bond acceptors (Lipinski definition) is 6. The number of aromatic nitrogens is 2. The zero-order valence-corrected chi connectivity index (χ0v) is 16.8. The first kappa shape index (κ1) is 24.5. The summed E-state index contributed by atoms with van der Waals surface area (Å²) in [5.41, 5.74) is 2.33. The molecule has 170 valence electrons. The van der Waals surface area contributed by atoms with Gasteiger partial charge in [0.1, 0.15) is 0 Å². The first-order valence-corrected chi connectivity index (χ1v) is 9.47. The molecule has 3 aromatic rings. The smallest absolute Gasteiger partial charge is 0.475 e. The highest BCUT2D eigenvalue weighted by Crippen LogP contribution is 2.19. The molecule has 3 N–H and O–H groups in total. The number of amides is 1. The Morgan fingerprint density at radius 2 is 1.78 bits per heavy atom. The molecule has 2 heterocycles. The maximum atomic E-state index is 12.1. The number of hydrogen-bond donors (Lipinski definition) is 3. The van der Waals surface area contributed by atoms with Gasteiger partial charge in [-0.15, -0.1) is 0 Å². The van der Waals surface area contributed by atoms with Gasteiger partial charge in [-0.1, -0.05) is 41.6 Å². The molecule has 0 aliphatic heterocycles. The number of pyridine rings is 1. The van der Waals surface area contributed by atoms with Crippen molar-refractivity contribution in [1.82, 2.24) is 20.8 Å². The van der Waals surface area contributed by atoms with Crippen LogP contribution in [0.2, 0.25) is 0 Å². The Morgan fingerprint density at radius 3 is 2.41 bits per heavy atom. The average Bonchev–Trinajstić information content (AvgIpc) is 3.28. The Labute approximate surface area is 181 Å². The van der Waals surface area contributed by atoms with E-state index in [2.05, 4.69) is 20.8 Å². The summed E-state index contributed by atoms with van der Waals surface area (Å²) in [5.74, 6) is -2.39. The molecule has 0 aliphatic rings. The van der Waals surface area contributed by atoms with Gasteiger partial charge < -0.3 is 20.3 Å². The van der Waals surface area contributed by atoms with Crippen molar-refractivity contribution < 1.29 is 32.4 Å². The third kappa shape index (κ3) is 8.56. The Balaban J connectivity index is 0.000000451. The highest BCUT2D eigenvalue weighted by atomic mass is 19.4. The van der Waals surface area contributed by atoms with Gasteiger partial charge in [-0.25, -0.2) is 4.79 Å². The molecule has 0 aliphatic carbocycles. The van der Waals surface area contributed by atoms with Crippen LogP contribution in [-0.4, -0.2) is 46.4 Å². The van der Waals surface area contributed by atoms with Crippen molar-refractivity contribution in [3.8, 4) is 11.3 Å². The molecule has 0 bridgehead atoms. The lowest BCUT2D eigenvalue weighted by Gasteiger charge is -2.05. The van der Waals surface area contributed by atoms with Crippen LogP contribution in [0.15, 0.2) is 65.4 Å². The molecule has 8 nitrogen and oxygen atoms in total. The minimum Gasteiger partial charge on any atom is -0.475 e. The van der Waals surface area contributed by atoms with E-state index in [-0.39, 0.29) is 5.91 Å². The molecular weight excluding hydrogens is 429 g/mol. The lowest BCUT2D eigenvalue weighted by atomic mass is 10.1. The van der Waals surface area contributed by atoms with Gasteiger partial charge in [-0.3, -0.25) is 9.78 Å². The predicted octanol–water partition coefficient (Wildman–Crippen LogP) is 3.28. The topological polar surface area (TPSA) is 117 Å². The quantitative estimate of drug-likeness (QED) is 0.451. The molecule has 2 aromatic heterocycles. The van der Waals surface area contributed by atoms with E-state index in [9.17, 15) is 18.0 Å². The second-order valence-electron chi connectivity index (χ2n) is 6.39. The molecule has 0 fully saturated rings. The van der Waals surface area contributed by atoms with Crippen molar-refractivity contribution in [3.05, 3.63) is 72.2 Å².